The number of esters is 2. The van der Waals surface area contributed by atoms with Crippen LogP contribution in [-0.2, 0) is 48.3 Å². The second-order valence-corrected chi connectivity index (χ2v) is 9.02. The summed E-state index contributed by atoms with van der Waals surface area (Å²) in [6, 6.07) is 0. The number of alkyl halides is 2. The number of ether oxygens (including phenoxy) is 3. The quantitative estimate of drug-likeness (QED) is 0.465. The normalized spacial score (nSPS) is 23.2. The molecule has 0 aromatic carbocycles. The number of nitrogens with zero attached hydrogens (tertiary/aromatic N) is 1. The van der Waals surface area contributed by atoms with Crippen LogP contribution in [0.4, 0.5) is 8.78 Å². The van der Waals surface area contributed by atoms with E-state index < -0.39 is 55.6 Å². The van der Waals surface area contributed by atoms with E-state index in [0.717, 1.165) is 0 Å². The Labute approximate surface area is 147 Å². The minimum absolute atomic E-state index is 0.114. The van der Waals surface area contributed by atoms with Gasteiger partial charge in [-0.1, -0.05) is 6.92 Å². The SMILES string of the molecule is CC1(COC(=O)C(F)(F)S(=O)(=O)[N-]S(=O)(=O)OC2CCOC2=O)COC1. The van der Waals surface area contributed by atoms with Crippen LogP contribution >= 0.6 is 0 Å². The molecule has 2 aliphatic rings. The molecular formula is C11H14F2NO10S2-. The third kappa shape index (κ3) is 4.46. The second kappa shape index (κ2) is 6.95. The number of carbonyl (C=O) groups excluding carboxylic acids is 2. The Bertz CT molecular complexity index is 790. The summed E-state index contributed by atoms with van der Waals surface area (Å²) in [5, 5.41) is -5.28. The van der Waals surface area contributed by atoms with Crippen LogP contribution in [0, 0.1) is 5.41 Å². The van der Waals surface area contributed by atoms with Gasteiger partial charge in [0.15, 0.2) is 16.1 Å². The van der Waals surface area contributed by atoms with Gasteiger partial charge >= 0.3 is 17.2 Å². The average Bonchev–Trinajstić information content (AvgIpc) is 2.85. The molecule has 150 valence electrons. The van der Waals surface area contributed by atoms with Crippen molar-refractivity contribution in [2.75, 3.05) is 26.4 Å². The molecule has 0 aliphatic carbocycles. The van der Waals surface area contributed by atoms with Gasteiger partial charge in [0, 0.05) is 11.8 Å². The third-order valence-corrected chi connectivity index (χ3v) is 6.13. The van der Waals surface area contributed by atoms with Crippen LogP contribution in [0.5, 0.6) is 0 Å². The number of halogens is 2. The van der Waals surface area contributed by atoms with Crippen molar-refractivity contribution in [1.82, 2.24) is 0 Å². The molecule has 0 aromatic heterocycles. The summed E-state index contributed by atoms with van der Waals surface area (Å²) in [5.74, 6) is -3.62. The maximum atomic E-state index is 13.8. The third-order valence-electron chi connectivity index (χ3n) is 3.33. The van der Waals surface area contributed by atoms with Crippen LogP contribution in [0.2, 0.25) is 0 Å². The number of carbonyl (C=O) groups is 2. The minimum atomic E-state index is -6.21. The van der Waals surface area contributed by atoms with E-state index in [1.54, 1.807) is 6.92 Å². The Hall–Kier alpha value is -1.42. The van der Waals surface area contributed by atoms with E-state index in [1.807, 2.05) is 4.13 Å². The fraction of sp³-hybridized carbons (Fsp3) is 0.818. The molecule has 11 nitrogen and oxygen atoms in total. The van der Waals surface area contributed by atoms with Gasteiger partial charge in [-0.3, -0.25) is 4.18 Å². The van der Waals surface area contributed by atoms with Crippen molar-refractivity contribution in [2.45, 2.75) is 24.7 Å². The summed E-state index contributed by atoms with van der Waals surface area (Å²) in [5.41, 5.74) is -0.745. The average molecular weight is 422 g/mol. The van der Waals surface area contributed by atoms with Crippen molar-refractivity contribution in [3.05, 3.63) is 4.13 Å². The standard InChI is InChI=1S/C11H14F2NO10S2/c1-10(4-21-5-10)6-23-9(16)11(12,13)25(17,18)14-26(19,20)24-7-2-3-22-8(7)15/h7H,2-6H2,1H3/q-1. The van der Waals surface area contributed by atoms with Crippen molar-refractivity contribution in [3.63, 3.8) is 0 Å². The fourth-order valence-corrected chi connectivity index (χ4v) is 4.07. The van der Waals surface area contributed by atoms with Gasteiger partial charge in [-0.05, 0) is 0 Å². The molecule has 26 heavy (non-hydrogen) atoms. The van der Waals surface area contributed by atoms with E-state index in [0.29, 0.717) is 0 Å². The lowest BCUT2D eigenvalue weighted by Gasteiger charge is -2.37. The number of cyclic esters (lactones) is 1. The molecule has 0 bridgehead atoms. The maximum Gasteiger partial charge on any atom is 0.424 e. The monoisotopic (exact) mass is 422 g/mol. The molecule has 2 fully saturated rings. The summed E-state index contributed by atoms with van der Waals surface area (Å²) in [6.45, 7) is 1.01. The van der Waals surface area contributed by atoms with Gasteiger partial charge in [0.05, 0.1) is 19.8 Å². The molecule has 2 rings (SSSR count). The van der Waals surface area contributed by atoms with Gasteiger partial charge in [-0.15, -0.1) is 0 Å². The van der Waals surface area contributed by atoms with Gasteiger partial charge in [-0.2, -0.15) is 8.78 Å². The van der Waals surface area contributed by atoms with E-state index in [4.69, 9.17) is 4.74 Å². The van der Waals surface area contributed by atoms with Crippen molar-refractivity contribution in [3.8, 4) is 0 Å². The van der Waals surface area contributed by atoms with Gasteiger partial charge in [0.25, 0.3) is 0 Å². The predicted molar refractivity (Wildman–Crippen MR) is 76.5 cm³/mol. The van der Waals surface area contributed by atoms with Crippen LogP contribution in [0.15, 0.2) is 0 Å². The first-order valence-electron chi connectivity index (χ1n) is 7.00. The molecule has 0 aromatic rings. The van der Waals surface area contributed by atoms with E-state index >= 15 is 0 Å². The van der Waals surface area contributed by atoms with Crippen molar-refractivity contribution in [1.29, 1.82) is 0 Å². The van der Waals surface area contributed by atoms with Crippen LogP contribution in [0.1, 0.15) is 13.3 Å². The van der Waals surface area contributed by atoms with E-state index in [2.05, 4.69) is 13.7 Å². The first-order valence-corrected chi connectivity index (χ1v) is 9.80. The number of hydrogen-bond donors (Lipinski definition) is 0. The minimum Gasteiger partial charge on any atom is -0.464 e. The Morgan fingerprint density at radius 2 is 1.96 bits per heavy atom. The molecule has 0 saturated carbocycles. The predicted octanol–water partition coefficient (Wildman–Crippen LogP) is -0.561. The van der Waals surface area contributed by atoms with Gasteiger partial charge in [-0.25, -0.2) is 26.4 Å². The summed E-state index contributed by atoms with van der Waals surface area (Å²) < 4.78 is 93.3. The highest BCUT2D eigenvalue weighted by molar-refractivity contribution is 8.11. The zero-order valence-electron chi connectivity index (χ0n) is 13.2. The highest BCUT2D eigenvalue weighted by Gasteiger charge is 2.51. The summed E-state index contributed by atoms with van der Waals surface area (Å²) in [6.07, 6.45) is -1.95. The molecule has 0 spiro atoms. The molecule has 0 radical (unpaired) electrons. The van der Waals surface area contributed by atoms with Crippen LogP contribution in [0.3, 0.4) is 0 Å². The van der Waals surface area contributed by atoms with E-state index in [1.165, 1.54) is 0 Å². The second-order valence-electron chi connectivity index (χ2n) is 5.91. The lowest BCUT2D eigenvalue weighted by atomic mass is 9.90. The van der Waals surface area contributed by atoms with E-state index in [9.17, 15) is 35.2 Å². The van der Waals surface area contributed by atoms with E-state index in [-0.39, 0.29) is 26.2 Å². The van der Waals surface area contributed by atoms with Crippen molar-refractivity contribution in [2.24, 2.45) is 5.41 Å². The molecule has 2 aliphatic heterocycles. The Balaban J connectivity index is 2.03. The molecule has 1 atom stereocenters. The van der Waals surface area contributed by atoms with Crippen molar-refractivity contribution >= 4 is 32.3 Å². The first-order chi connectivity index (χ1) is 11.8. The largest absolute Gasteiger partial charge is 0.464 e. The molecular weight excluding hydrogens is 408 g/mol. The molecule has 15 heteroatoms. The molecule has 0 amide bonds. The first kappa shape index (κ1) is 20.9. The topological polar surface area (TPSA) is 153 Å². The lowest BCUT2D eigenvalue weighted by molar-refractivity contribution is -0.178. The van der Waals surface area contributed by atoms with Gasteiger partial charge in [0.2, 0.25) is 10.3 Å². The lowest BCUT2D eigenvalue weighted by Crippen LogP contribution is -2.47. The highest BCUT2D eigenvalue weighted by Crippen LogP contribution is 2.33. The van der Waals surface area contributed by atoms with Crippen molar-refractivity contribution < 1.29 is 53.6 Å². The van der Waals surface area contributed by atoms with Gasteiger partial charge < -0.3 is 18.3 Å². The molecule has 1 unspecified atom stereocenters. The molecule has 2 heterocycles. The van der Waals surface area contributed by atoms with Crippen LogP contribution in [-0.4, -0.2) is 66.6 Å². The number of hydrogen-bond acceptors (Lipinski definition) is 10. The summed E-state index contributed by atoms with van der Waals surface area (Å²) in [4.78, 5) is 22.5. The molecule has 2 saturated heterocycles. The van der Waals surface area contributed by atoms with Crippen LogP contribution in [0.25, 0.3) is 4.13 Å². The Morgan fingerprint density at radius 3 is 2.42 bits per heavy atom. The zero-order valence-corrected chi connectivity index (χ0v) is 14.8. The smallest absolute Gasteiger partial charge is 0.424 e. The van der Waals surface area contributed by atoms with Crippen LogP contribution < -0.4 is 0 Å². The Kier molecular flexibility index (Phi) is 5.59. The highest BCUT2D eigenvalue weighted by atomic mass is 32.3. The fourth-order valence-electron chi connectivity index (χ4n) is 1.86. The maximum absolute atomic E-state index is 13.8. The number of sulfonamides is 1. The molecule has 0 N–H and O–H groups in total. The number of rotatable bonds is 8. The Morgan fingerprint density at radius 1 is 1.35 bits per heavy atom. The van der Waals surface area contributed by atoms with Gasteiger partial charge in [0.1, 0.15) is 6.61 Å². The zero-order chi connectivity index (χ0) is 19.8. The summed E-state index contributed by atoms with van der Waals surface area (Å²) >= 11 is 0. The summed E-state index contributed by atoms with van der Waals surface area (Å²) in [7, 11) is -11.7.